The van der Waals surface area contributed by atoms with Crippen LogP contribution in [0, 0.1) is 0 Å². The van der Waals surface area contributed by atoms with Crippen LogP contribution in [0.2, 0.25) is 5.02 Å². The number of carbonyl (C=O) groups excluding carboxylic acids is 2. The predicted molar refractivity (Wildman–Crippen MR) is 134 cm³/mol. The van der Waals surface area contributed by atoms with Crippen molar-refractivity contribution in [2.45, 2.75) is 51.7 Å². The number of hydrogen-bond acceptors (Lipinski definition) is 2. The van der Waals surface area contributed by atoms with Gasteiger partial charge in [-0.1, -0.05) is 97.4 Å². The van der Waals surface area contributed by atoms with E-state index in [0.29, 0.717) is 11.4 Å². The normalized spacial score (nSPS) is 12.6. The molecule has 0 aliphatic carbocycles. The molecular formula is C28H31ClN2O2. The Kier molecular flexibility index (Phi) is 9.08. The fraction of sp³-hybridized carbons (Fsp3) is 0.286. The molecule has 0 fully saturated rings. The van der Waals surface area contributed by atoms with Gasteiger partial charge in [-0.25, -0.2) is 0 Å². The minimum Gasteiger partial charge on any atom is -0.352 e. The quantitative estimate of drug-likeness (QED) is 0.436. The molecule has 0 bridgehead atoms. The summed E-state index contributed by atoms with van der Waals surface area (Å²) in [6.07, 6.45) is 1.45. The molecule has 2 unspecified atom stereocenters. The van der Waals surface area contributed by atoms with Crippen LogP contribution < -0.4 is 5.32 Å². The average Bonchev–Trinajstić information content (AvgIpc) is 2.83. The zero-order valence-electron chi connectivity index (χ0n) is 19.2. The molecule has 0 saturated heterocycles. The lowest BCUT2D eigenvalue weighted by Gasteiger charge is -2.32. The number of rotatable bonds is 10. The van der Waals surface area contributed by atoms with Gasteiger partial charge in [0.15, 0.2) is 0 Å². The van der Waals surface area contributed by atoms with Crippen molar-refractivity contribution in [2.75, 3.05) is 0 Å². The summed E-state index contributed by atoms with van der Waals surface area (Å²) >= 11 is 6.45. The average molecular weight is 463 g/mol. The van der Waals surface area contributed by atoms with Gasteiger partial charge in [-0.3, -0.25) is 9.59 Å². The molecular weight excluding hydrogens is 432 g/mol. The van der Waals surface area contributed by atoms with E-state index in [1.165, 1.54) is 0 Å². The number of halogens is 1. The maximum atomic E-state index is 13.6. The second-order valence-electron chi connectivity index (χ2n) is 8.30. The SMILES string of the molecule is CCC(C)NC(=O)C(Cc1ccccc1)N(Cc1ccccc1Cl)C(=O)Cc1ccccc1. The van der Waals surface area contributed by atoms with Crippen LogP contribution in [0.25, 0.3) is 0 Å². The number of carbonyl (C=O) groups is 2. The van der Waals surface area contributed by atoms with E-state index in [9.17, 15) is 9.59 Å². The summed E-state index contributed by atoms with van der Waals surface area (Å²) in [6.45, 7) is 4.26. The van der Waals surface area contributed by atoms with Crippen molar-refractivity contribution in [3.05, 3.63) is 107 Å². The topological polar surface area (TPSA) is 49.4 Å². The second-order valence-corrected chi connectivity index (χ2v) is 8.71. The van der Waals surface area contributed by atoms with Gasteiger partial charge in [-0.2, -0.15) is 0 Å². The van der Waals surface area contributed by atoms with Gasteiger partial charge in [0.2, 0.25) is 11.8 Å². The van der Waals surface area contributed by atoms with Crippen molar-refractivity contribution in [2.24, 2.45) is 0 Å². The van der Waals surface area contributed by atoms with Crippen LogP contribution in [0.15, 0.2) is 84.9 Å². The Hall–Kier alpha value is -3.11. The molecule has 1 N–H and O–H groups in total. The van der Waals surface area contributed by atoms with Gasteiger partial charge in [0.05, 0.1) is 6.42 Å². The zero-order valence-corrected chi connectivity index (χ0v) is 20.0. The van der Waals surface area contributed by atoms with E-state index in [1.807, 2.05) is 98.8 Å². The van der Waals surface area contributed by atoms with E-state index < -0.39 is 6.04 Å². The lowest BCUT2D eigenvalue weighted by Crippen LogP contribution is -2.52. The fourth-order valence-electron chi connectivity index (χ4n) is 3.68. The lowest BCUT2D eigenvalue weighted by molar-refractivity contribution is -0.141. The molecule has 2 amide bonds. The highest BCUT2D eigenvalue weighted by molar-refractivity contribution is 6.31. The van der Waals surface area contributed by atoms with Crippen LogP contribution in [-0.4, -0.2) is 28.8 Å². The first kappa shape index (κ1) is 24.5. The summed E-state index contributed by atoms with van der Waals surface area (Å²) in [6, 6.07) is 26.2. The molecule has 5 heteroatoms. The maximum absolute atomic E-state index is 13.6. The van der Waals surface area contributed by atoms with E-state index in [2.05, 4.69) is 5.32 Å². The lowest BCUT2D eigenvalue weighted by atomic mass is 10.0. The summed E-state index contributed by atoms with van der Waals surface area (Å²) < 4.78 is 0. The standard InChI is InChI=1S/C28H31ClN2O2/c1-3-21(2)30-28(33)26(18-22-12-6-4-7-13-22)31(20-24-16-10-11-17-25(24)29)27(32)19-23-14-8-5-9-15-23/h4-17,21,26H,3,18-20H2,1-2H3,(H,30,33). The number of nitrogens with zero attached hydrogens (tertiary/aromatic N) is 1. The van der Waals surface area contributed by atoms with Crippen LogP contribution in [0.5, 0.6) is 0 Å². The highest BCUT2D eigenvalue weighted by Crippen LogP contribution is 2.21. The predicted octanol–water partition coefficient (Wildman–Crippen LogP) is 5.44. The van der Waals surface area contributed by atoms with Crippen molar-refractivity contribution in [1.29, 1.82) is 0 Å². The fourth-order valence-corrected chi connectivity index (χ4v) is 3.87. The van der Waals surface area contributed by atoms with Crippen molar-refractivity contribution < 1.29 is 9.59 Å². The van der Waals surface area contributed by atoms with Gasteiger partial charge < -0.3 is 10.2 Å². The number of amides is 2. The first-order chi connectivity index (χ1) is 16.0. The maximum Gasteiger partial charge on any atom is 0.243 e. The molecule has 3 rings (SSSR count). The first-order valence-corrected chi connectivity index (χ1v) is 11.8. The summed E-state index contributed by atoms with van der Waals surface area (Å²) in [5.41, 5.74) is 2.72. The van der Waals surface area contributed by atoms with Gasteiger partial charge in [-0.05, 0) is 36.1 Å². The van der Waals surface area contributed by atoms with Gasteiger partial charge in [-0.15, -0.1) is 0 Å². The molecule has 0 heterocycles. The Morgan fingerprint density at radius 1 is 0.879 bits per heavy atom. The highest BCUT2D eigenvalue weighted by Gasteiger charge is 2.31. The minimum atomic E-state index is -0.658. The Bertz CT molecular complexity index is 1040. The molecule has 172 valence electrons. The van der Waals surface area contributed by atoms with Crippen LogP contribution in [-0.2, 0) is 29.0 Å². The third-order valence-corrected chi connectivity index (χ3v) is 6.14. The molecule has 3 aromatic rings. The third-order valence-electron chi connectivity index (χ3n) is 5.77. The summed E-state index contributed by atoms with van der Waals surface area (Å²) in [5, 5.41) is 3.66. The second kappa shape index (κ2) is 12.2. The molecule has 0 spiro atoms. The van der Waals surface area contributed by atoms with Crippen LogP contribution in [0.1, 0.15) is 37.0 Å². The smallest absolute Gasteiger partial charge is 0.243 e. The Balaban J connectivity index is 1.97. The summed E-state index contributed by atoms with van der Waals surface area (Å²) in [5.74, 6) is -0.261. The van der Waals surface area contributed by atoms with Crippen molar-refractivity contribution >= 4 is 23.4 Å². The van der Waals surface area contributed by atoms with Crippen LogP contribution in [0.3, 0.4) is 0 Å². The van der Waals surface area contributed by atoms with Gasteiger partial charge in [0, 0.05) is 24.0 Å². The summed E-state index contributed by atoms with van der Waals surface area (Å²) in [4.78, 5) is 28.8. The third kappa shape index (κ3) is 7.19. The molecule has 0 aromatic heterocycles. The largest absolute Gasteiger partial charge is 0.352 e. The first-order valence-electron chi connectivity index (χ1n) is 11.4. The molecule has 0 radical (unpaired) electrons. The zero-order chi connectivity index (χ0) is 23.6. The Morgan fingerprint density at radius 2 is 1.45 bits per heavy atom. The minimum absolute atomic E-state index is 0.0159. The van der Waals surface area contributed by atoms with E-state index in [-0.39, 0.29) is 30.8 Å². The van der Waals surface area contributed by atoms with E-state index >= 15 is 0 Å². The Labute approximate surface area is 201 Å². The van der Waals surface area contributed by atoms with Crippen molar-refractivity contribution in [3.8, 4) is 0 Å². The van der Waals surface area contributed by atoms with Gasteiger partial charge in [0.25, 0.3) is 0 Å². The van der Waals surface area contributed by atoms with Gasteiger partial charge in [0.1, 0.15) is 6.04 Å². The van der Waals surface area contributed by atoms with E-state index in [0.717, 1.165) is 23.1 Å². The van der Waals surface area contributed by atoms with Crippen molar-refractivity contribution in [3.63, 3.8) is 0 Å². The monoisotopic (exact) mass is 462 g/mol. The Morgan fingerprint density at radius 3 is 2.06 bits per heavy atom. The molecule has 0 saturated carbocycles. The molecule has 0 aliphatic rings. The number of hydrogen-bond donors (Lipinski definition) is 1. The van der Waals surface area contributed by atoms with Crippen LogP contribution in [0.4, 0.5) is 0 Å². The van der Waals surface area contributed by atoms with Crippen LogP contribution >= 0.6 is 11.6 Å². The molecule has 3 aromatic carbocycles. The highest BCUT2D eigenvalue weighted by atomic mass is 35.5. The molecule has 0 aliphatic heterocycles. The van der Waals surface area contributed by atoms with E-state index in [1.54, 1.807) is 4.90 Å². The van der Waals surface area contributed by atoms with Crippen molar-refractivity contribution in [1.82, 2.24) is 10.2 Å². The summed E-state index contributed by atoms with van der Waals surface area (Å²) in [7, 11) is 0. The van der Waals surface area contributed by atoms with E-state index in [4.69, 9.17) is 11.6 Å². The number of benzene rings is 3. The number of nitrogens with one attached hydrogen (secondary N) is 1. The molecule has 2 atom stereocenters. The molecule has 4 nitrogen and oxygen atoms in total. The van der Waals surface area contributed by atoms with Gasteiger partial charge >= 0.3 is 0 Å². The molecule has 33 heavy (non-hydrogen) atoms.